The fraction of sp³-hybridized carbons (Fsp3) is 0.458. The molecule has 0 bridgehead atoms. The molecule has 4 rings (SSSR count). The molecule has 0 amide bonds. The Bertz CT molecular complexity index is 1240. The van der Waals surface area contributed by atoms with Crippen molar-refractivity contribution >= 4 is 32.8 Å². The van der Waals surface area contributed by atoms with Gasteiger partial charge in [-0.1, -0.05) is 17.8 Å². The van der Waals surface area contributed by atoms with Crippen molar-refractivity contribution in [1.29, 1.82) is 0 Å². The van der Waals surface area contributed by atoms with Crippen LogP contribution in [0.5, 0.6) is 0 Å². The monoisotopic (exact) mass is 507 g/mol. The van der Waals surface area contributed by atoms with Gasteiger partial charge in [0.2, 0.25) is 10.0 Å². The normalized spacial score (nSPS) is 15.3. The van der Waals surface area contributed by atoms with Crippen LogP contribution in [0, 0.1) is 12.7 Å². The predicted molar refractivity (Wildman–Crippen MR) is 131 cm³/mol. The van der Waals surface area contributed by atoms with Gasteiger partial charge in [-0.25, -0.2) is 17.8 Å². The number of aromatic nitrogens is 2. The summed E-state index contributed by atoms with van der Waals surface area (Å²) in [7, 11) is -3.60. The molecule has 34 heavy (non-hydrogen) atoms. The standard InChI is InChI=1S/C24H30FN3O4S2/c1-3-31-12-4-9-28-23-8-7-21(34(29,30)27-10-13-32-14-11-27)16-22(23)26-24(28)33-17-19-5-6-20(25)15-18(19)2/h5-8,15-16H,3-4,9-14,17H2,1-2H3. The molecule has 184 valence electrons. The van der Waals surface area contributed by atoms with Gasteiger partial charge in [-0.05, 0) is 61.7 Å². The molecule has 0 atom stereocenters. The van der Waals surface area contributed by atoms with Crippen molar-refractivity contribution in [3.05, 3.63) is 53.3 Å². The van der Waals surface area contributed by atoms with E-state index in [0.29, 0.717) is 57.3 Å². The first-order valence-electron chi connectivity index (χ1n) is 11.4. The zero-order valence-electron chi connectivity index (χ0n) is 19.5. The van der Waals surface area contributed by atoms with Gasteiger partial charge in [0.1, 0.15) is 5.82 Å². The number of thioether (sulfide) groups is 1. The average Bonchev–Trinajstić information content (AvgIpc) is 3.18. The number of imidazole rings is 1. The van der Waals surface area contributed by atoms with Gasteiger partial charge in [0.05, 0.1) is 29.1 Å². The van der Waals surface area contributed by atoms with E-state index in [-0.39, 0.29) is 10.7 Å². The van der Waals surface area contributed by atoms with Crippen LogP contribution in [0.3, 0.4) is 0 Å². The van der Waals surface area contributed by atoms with Gasteiger partial charge in [0.15, 0.2) is 5.16 Å². The summed E-state index contributed by atoms with van der Waals surface area (Å²) in [6.07, 6.45) is 0.816. The third kappa shape index (κ3) is 5.63. The Morgan fingerprint density at radius 2 is 1.97 bits per heavy atom. The summed E-state index contributed by atoms with van der Waals surface area (Å²) in [4.78, 5) is 5.04. The van der Waals surface area contributed by atoms with Crippen LogP contribution in [0.4, 0.5) is 4.39 Å². The Hall–Kier alpha value is -1.98. The van der Waals surface area contributed by atoms with Gasteiger partial charge in [0, 0.05) is 38.6 Å². The van der Waals surface area contributed by atoms with E-state index in [4.69, 9.17) is 14.5 Å². The average molecular weight is 508 g/mol. The second-order valence-electron chi connectivity index (χ2n) is 8.12. The fourth-order valence-electron chi connectivity index (χ4n) is 3.94. The number of ether oxygens (including phenoxy) is 2. The summed E-state index contributed by atoms with van der Waals surface area (Å²) in [5, 5.41) is 0.802. The molecule has 3 aromatic rings. The molecule has 1 saturated heterocycles. The highest BCUT2D eigenvalue weighted by Gasteiger charge is 2.27. The molecular weight excluding hydrogens is 477 g/mol. The van der Waals surface area contributed by atoms with E-state index in [9.17, 15) is 12.8 Å². The van der Waals surface area contributed by atoms with E-state index in [1.807, 2.05) is 19.9 Å². The number of hydrogen-bond acceptors (Lipinski definition) is 6. The molecule has 0 radical (unpaired) electrons. The molecule has 0 unspecified atom stereocenters. The first-order chi connectivity index (χ1) is 16.4. The van der Waals surface area contributed by atoms with E-state index in [2.05, 4.69) is 4.57 Å². The van der Waals surface area contributed by atoms with E-state index < -0.39 is 10.0 Å². The smallest absolute Gasteiger partial charge is 0.243 e. The lowest BCUT2D eigenvalue weighted by Crippen LogP contribution is -2.40. The molecule has 1 aliphatic rings. The third-order valence-corrected chi connectivity index (χ3v) is 8.75. The number of halogens is 1. The Morgan fingerprint density at radius 3 is 2.71 bits per heavy atom. The van der Waals surface area contributed by atoms with Gasteiger partial charge in [-0.2, -0.15) is 4.31 Å². The van der Waals surface area contributed by atoms with Crippen LogP contribution in [0.15, 0.2) is 46.5 Å². The molecule has 2 aromatic carbocycles. The first kappa shape index (κ1) is 25.1. The number of benzene rings is 2. The van der Waals surface area contributed by atoms with Crippen LogP contribution >= 0.6 is 11.8 Å². The highest BCUT2D eigenvalue weighted by molar-refractivity contribution is 7.98. The molecule has 10 heteroatoms. The second-order valence-corrected chi connectivity index (χ2v) is 11.0. The highest BCUT2D eigenvalue weighted by atomic mass is 32.2. The van der Waals surface area contributed by atoms with Crippen molar-refractivity contribution < 1.29 is 22.3 Å². The topological polar surface area (TPSA) is 73.7 Å². The highest BCUT2D eigenvalue weighted by Crippen LogP contribution is 2.30. The first-order valence-corrected chi connectivity index (χ1v) is 13.9. The number of morpholine rings is 1. The minimum atomic E-state index is -3.60. The molecular formula is C24H30FN3O4S2. The summed E-state index contributed by atoms with van der Waals surface area (Å²) >= 11 is 1.56. The van der Waals surface area contributed by atoms with E-state index >= 15 is 0 Å². The van der Waals surface area contributed by atoms with Gasteiger partial charge in [0.25, 0.3) is 0 Å². The molecule has 0 N–H and O–H groups in total. The van der Waals surface area contributed by atoms with Gasteiger partial charge in [-0.15, -0.1) is 0 Å². The Morgan fingerprint density at radius 1 is 1.18 bits per heavy atom. The van der Waals surface area contributed by atoms with Crippen LogP contribution < -0.4 is 0 Å². The van der Waals surface area contributed by atoms with Crippen molar-refractivity contribution in [2.45, 2.75) is 42.6 Å². The number of sulfonamides is 1. The summed E-state index contributed by atoms with van der Waals surface area (Å²) in [5.41, 5.74) is 3.46. The number of hydrogen-bond donors (Lipinski definition) is 0. The maximum Gasteiger partial charge on any atom is 0.243 e. The largest absolute Gasteiger partial charge is 0.382 e. The molecule has 0 saturated carbocycles. The lowest BCUT2D eigenvalue weighted by molar-refractivity contribution is 0.0730. The van der Waals surface area contributed by atoms with E-state index in [1.165, 1.54) is 16.4 Å². The number of fused-ring (bicyclic) bond motifs is 1. The van der Waals surface area contributed by atoms with E-state index in [1.54, 1.807) is 30.0 Å². The van der Waals surface area contributed by atoms with Crippen LogP contribution in [-0.4, -0.2) is 61.8 Å². The van der Waals surface area contributed by atoms with Gasteiger partial charge in [-0.3, -0.25) is 0 Å². The quantitative estimate of drug-likeness (QED) is 0.302. The van der Waals surface area contributed by atoms with Gasteiger partial charge >= 0.3 is 0 Å². The van der Waals surface area contributed by atoms with E-state index in [0.717, 1.165) is 28.2 Å². The van der Waals surface area contributed by atoms with Crippen molar-refractivity contribution in [3.63, 3.8) is 0 Å². The zero-order chi connectivity index (χ0) is 24.1. The summed E-state index contributed by atoms with van der Waals surface area (Å²) < 4.78 is 54.1. The maximum absolute atomic E-state index is 13.5. The van der Waals surface area contributed by atoms with Crippen molar-refractivity contribution in [1.82, 2.24) is 13.9 Å². The lowest BCUT2D eigenvalue weighted by atomic mass is 10.1. The van der Waals surface area contributed by atoms with Crippen LogP contribution in [0.2, 0.25) is 0 Å². The minimum Gasteiger partial charge on any atom is -0.382 e. The van der Waals surface area contributed by atoms with Crippen molar-refractivity contribution in [3.8, 4) is 0 Å². The Kier molecular flexibility index (Phi) is 8.26. The van der Waals surface area contributed by atoms with Crippen molar-refractivity contribution in [2.75, 3.05) is 39.5 Å². The molecule has 0 spiro atoms. The van der Waals surface area contributed by atoms with Crippen LogP contribution in [0.25, 0.3) is 11.0 Å². The fourth-order valence-corrected chi connectivity index (χ4v) is 6.49. The maximum atomic E-state index is 13.5. The Balaban J connectivity index is 1.63. The molecule has 0 aliphatic carbocycles. The predicted octanol–water partition coefficient (Wildman–Crippen LogP) is 4.22. The third-order valence-electron chi connectivity index (χ3n) is 5.83. The molecule has 1 aromatic heterocycles. The SMILES string of the molecule is CCOCCCn1c(SCc2ccc(F)cc2C)nc2cc(S(=O)(=O)N3CCOCC3)ccc21. The second kappa shape index (κ2) is 11.2. The summed E-state index contributed by atoms with van der Waals surface area (Å²) in [5.74, 6) is 0.392. The van der Waals surface area contributed by atoms with Crippen molar-refractivity contribution in [2.24, 2.45) is 0 Å². The van der Waals surface area contributed by atoms with Crippen LogP contribution in [0.1, 0.15) is 24.5 Å². The molecule has 1 fully saturated rings. The number of rotatable bonds is 10. The minimum absolute atomic E-state index is 0.242. The number of aryl methyl sites for hydroxylation is 2. The molecule has 1 aliphatic heterocycles. The van der Waals surface area contributed by atoms with Gasteiger partial charge < -0.3 is 14.0 Å². The molecule has 2 heterocycles. The summed E-state index contributed by atoms with van der Waals surface area (Å²) in [6.45, 7) is 7.38. The zero-order valence-corrected chi connectivity index (χ0v) is 21.1. The molecule has 7 nitrogen and oxygen atoms in total. The van der Waals surface area contributed by atoms with Crippen LogP contribution in [-0.2, 0) is 31.8 Å². The summed E-state index contributed by atoms with van der Waals surface area (Å²) in [6, 6.07) is 9.95. The lowest BCUT2D eigenvalue weighted by Gasteiger charge is -2.26. The number of nitrogens with zero attached hydrogens (tertiary/aromatic N) is 3. The Labute approximate surface area is 204 Å².